The summed E-state index contributed by atoms with van der Waals surface area (Å²) >= 11 is 9.62. The molecular formula is C20H15BrClNO4. The number of benzene rings is 2. The monoisotopic (exact) mass is 447 g/mol. The molecule has 0 unspecified atom stereocenters. The molecule has 0 bridgehead atoms. The Labute approximate surface area is 168 Å². The van der Waals surface area contributed by atoms with E-state index in [1.165, 1.54) is 4.90 Å². The molecule has 2 heterocycles. The van der Waals surface area contributed by atoms with Crippen molar-refractivity contribution < 1.29 is 14.3 Å². The minimum absolute atomic E-state index is 0.0210. The summed E-state index contributed by atoms with van der Waals surface area (Å²) < 4.78 is 6.68. The summed E-state index contributed by atoms with van der Waals surface area (Å²) in [6, 6.07) is 10.0. The van der Waals surface area contributed by atoms with Crippen LogP contribution in [0.5, 0.6) is 0 Å². The molecule has 0 spiro atoms. The highest BCUT2D eigenvalue weighted by Crippen LogP contribution is 2.39. The third-order valence-electron chi connectivity index (χ3n) is 4.75. The normalized spacial score (nSPS) is 16.2. The van der Waals surface area contributed by atoms with Gasteiger partial charge >= 0.3 is 0 Å². The lowest BCUT2D eigenvalue weighted by Gasteiger charge is -2.24. The number of rotatable bonds is 3. The van der Waals surface area contributed by atoms with Crippen molar-refractivity contribution >= 4 is 44.4 Å². The fourth-order valence-corrected chi connectivity index (χ4v) is 4.08. The first kappa shape index (κ1) is 18.2. The Morgan fingerprint density at radius 1 is 1.26 bits per heavy atom. The van der Waals surface area contributed by atoms with Gasteiger partial charge in [-0.1, -0.05) is 39.7 Å². The molecule has 7 heteroatoms. The van der Waals surface area contributed by atoms with Crippen LogP contribution in [0.4, 0.5) is 0 Å². The summed E-state index contributed by atoms with van der Waals surface area (Å²) in [7, 11) is 0. The fraction of sp³-hybridized carbons (Fsp3) is 0.200. The van der Waals surface area contributed by atoms with Crippen LogP contribution in [0.15, 0.2) is 50.1 Å². The lowest BCUT2D eigenvalue weighted by atomic mass is 9.98. The maximum absolute atomic E-state index is 13.3. The first-order valence-electron chi connectivity index (χ1n) is 8.36. The first-order valence-corrected chi connectivity index (χ1v) is 9.53. The summed E-state index contributed by atoms with van der Waals surface area (Å²) in [6.45, 7) is 1.68. The molecule has 1 atom stereocenters. The molecule has 138 valence electrons. The van der Waals surface area contributed by atoms with Gasteiger partial charge in [0.1, 0.15) is 5.58 Å². The van der Waals surface area contributed by atoms with Crippen molar-refractivity contribution in [3.05, 3.63) is 78.6 Å². The number of halogens is 2. The molecule has 1 aromatic heterocycles. The molecule has 0 saturated carbocycles. The van der Waals surface area contributed by atoms with E-state index in [-0.39, 0.29) is 29.9 Å². The van der Waals surface area contributed by atoms with Crippen LogP contribution in [0.25, 0.3) is 11.0 Å². The Kier molecular flexibility index (Phi) is 4.58. The van der Waals surface area contributed by atoms with Crippen molar-refractivity contribution in [1.29, 1.82) is 0 Å². The number of hydrogen-bond acceptors (Lipinski definition) is 4. The topological polar surface area (TPSA) is 70.8 Å². The first-order chi connectivity index (χ1) is 12.9. The third-order valence-corrected chi connectivity index (χ3v) is 5.65. The Morgan fingerprint density at radius 3 is 2.74 bits per heavy atom. The zero-order chi connectivity index (χ0) is 19.3. The van der Waals surface area contributed by atoms with Crippen molar-refractivity contribution in [3.8, 4) is 0 Å². The summed E-state index contributed by atoms with van der Waals surface area (Å²) in [5.41, 5.74) is 1.84. The quantitative estimate of drug-likeness (QED) is 0.656. The Balaban J connectivity index is 2.04. The summed E-state index contributed by atoms with van der Waals surface area (Å²) in [5, 5.41) is 10.2. The van der Waals surface area contributed by atoms with E-state index in [0.29, 0.717) is 16.0 Å². The average molecular weight is 449 g/mol. The van der Waals surface area contributed by atoms with Crippen molar-refractivity contribution in [2.24, 2.45) is 0 Å². The maximum Gasteiger partial charge on any atom is 0.290 e. The molecule has 3 aromatic rings. The van der Waals surface area contributed by atoms with E-state index in [1.54, 1.807) is 19.1 Å². The van der Waals surface area contributed by atoms with Crippen molar-refractivity contribution in [3.63, 3.8) is 0 Å². The van der Waals surface area contributed by atoms with Crippen LogP contribution in [0.3, 0.4) is 0 Å². The minimum atomic E-state index is -0.627. The van der Waals surface area contributed by atoms with Crippen LogP contribution in [-0.4, -0.2) is 29.1 Å². The van der Waals surface area contributed by atoms with Crippen molar-refractivity contribution in [1.82, 2.24) is 4.90 Å². The Hall–Kier alpha value is -2.15. The van der Waals surface area contributed by atoms with Gasteiger partial charge in [-0.15, -0.1) is 0 Å². The van der Waals surface area contributed by atoms with Gasteiger partial charge < -0.3 is 14.4 Å². The van der Waals surface area contributed by atoms with Gasteiger partial charge in [0.25, 0.3) is 5.91 Å². The largest absolute Gasteiger partial charge is 0.450 e. The highest BCUT2D eigenvalue weighted by atomic mass is 79.9. The van der Waals surface area contributed by atoms with E-state index in [4.69, 9.17) is 16.0 Å². The molecule has 1 aliphatic heterocycles. The standard InChI is InChI=1S/C20H15BrClNO4/c1-10-7-15-13(9-14(10)22)18(25)16-17(11-3-2-4-12(21)8-11)23(5-6-24)20(26)19(16)27-15/h2-4,7-9,17,24H,5-6H2,1H3/t17-/m0/s1. The highest BCUT2D eigenvalue weighted by Gasteiger charge is 2.42. The molecule has 1 amide bonds. The number of nitrogens with zero attached hydrogens (tertiary/aromatic N) is 1. The number of carbonyl (C=O) groups excluding carboxylic acids is 1. The van der Waals surface area contributed by atoms with Crippen LogP contribution < -0.4 is 5.43 Å². The van der Waals surface area contributed by atoms with Gasteiger partial charge in [0, 0.05) is 16.0 Å². The number of amides is 1. The van der Waals surface area contributed by atoms with Gasteiger partial charge in [-0.25, -0.2) is 0 Å². The second kappa shape index (κ2) is 6.78. The number of aliphatic hydroxyl groups excluding tert-OH is 1. The Bertz CT molecular complexity index is 1140. The van der Waals surface area contributed by atoms with Crippen molar-refractivity contribution in [2.45, 2.75) is 13.0 Å². The lowest BCUT2D eigenvalue weighted by molar-refractivity contribution is 0.0691. The van der Waals surface area contributed by atoms with Gasteiger partial charge in [0.05, 0.1) is 23.6 Å². The molecule has 4 rings (SSSR count). The van der Waals surface area contributed by atoms with Crippen LogP contribution >= 0.6 is 27.5 Å². The van der Waals surface area contributed by atoms with Gasteiger partial charge in [0.2, 0.25) is 5.76 Å². The van der Waals surface area contributed by atoms with Crippen LogP contribution in [0.1, 0.15) is 33.3 Å². The predicted molar refractivity (Wildman–Crippen MR) is 106 cm³/mol. The highest BCUT2D eigenvalue weighted by molar-refractivity contribution is 9.10. The molecule has 27 heavy (non-hydrogen) atoms. The van der Waals surface area contributed by atoms with Gasteiger partial charge in [-0.3, -0.25) is 9.59 Å². The molecule has 1 aliphatic rings. The average Bonchev–Trinajstić information content (AvgIpc) is 2.90. The smallest absolute Gasteiger partial charge is 0.290 e. The zero-order valence-electron chi connectivity index (χ0n) is 14.3. The van der Waals surface area contributed by atoms with Crippen molar-refractivity contribution in [2.75, 3.05) is 13.2 Å². The fourth-order valence-electron chi connectivity index (χ4n) is 3.50. The predicted octanol–water partition coefficient (Wildman–Crippen LogP) is 4.05. The van der Waals surface area contributed by atoms with E-state index >= 15 is 0 Å². The molecule has 2 aromatic carbocycles. The van der Waals surface area contributed by atoms with Crippen LogP contribution in [0.2, 0.25) is 5.02 Å². The van der Waals surface area contributed by atoms with E-state index in [0.717, 1.165) is 15.6 Å². The van der Waals surface area contributed by atoms with Crippen LogP contribution in [-0.2, 0) is 0 Å². The number of aryl methyl sites for hydroxylation is 1. The SMILES string of the molecule is Cc1cc2oc3c(c(=O)c2cc1Cl)[C@H](c1cccc(Br)c1)N(CCO)C3=O. The molecule has 5 nitrogen and oxygen atoms in total. The second-order valence-electron chi connectivity index (χ2n) is 6.45. The number of fused-ring (bicyclic) bond motifs is 2. The molecule has 0 aliphatic carbocycles. The minimum Gasteiger partial charge on any atom is -0.450 e. The lowest BCUT2D eigenvalue weighted by Crippen LogP contribution is -2.32. The molecule has 0 fully saturated rings. The molecule has 0 radical (unpaired) electrons. The van der Waals surface area contributed by atoms with E-state index in [2.05, 4.69) is 15.9 Å². The van der Waals surface area contributed by atoms with Gasteiger partial charge in [-0.2, -0.15) is 0 Å². The van der Waals surface area contributed by atoms with E-state index in [9.17, 15) is 14.7 Å². The van der Waals surface area contributed by atoms with E-state index in [1.807, 2.05) is 24.3 Å². The summed E-state index contributed by atoms with van der Waals surface area (Å²) in [6.07, 6.45) is 0. The zero-order valence-corrected chi connectivity index (χ0v) is 16.7. The third kappa shape index (κ3) is 2.88. The molecule has 1 N–H and O–H groups in total. The van der Waals surface area contributed by atoms with E-state index < -0.39 is 11.9 Å². The number of aliphatic hydroxyl groups is 1. The summed E-state index contributed by atoms with van der Waals surface area (Å²) in [4.78, 5) is 27.7. The van der Waals surface area contributed by atoms with Crippen LogP contribution in [0, 0.1) is 6.92 Å². The summed E-state index contributed by atoms with van der Waals surface area (Å²) in [5.74, 6) is -0.386. The molecular weight excluding hydrogens is 434 g/mol. The number of hydrogen-bond donors (Lipinski definition) is 1. The Morgan fingerprint density at radius 2 is 2.04 bits per heavy atom. The molecule has 0 saturated heterocycles. The number of carbonyl (C=O) groups is 1. The number of β-amino-alcohol motifs (C(OH)–C–C–N with tert-alkyl or cyclic N) is 1. The second-order valence-corrected chi connectivity index (χ2v) is 7.77. The maximum atomic E-state index is 13.3. The van der Waals surface area contributed by atoms with Gasteiger partial charge in [0.15, 0.2) is 5.43 Å². The van der Waals surface area contributed by atoms with Gasteiger partial charge in [-0.05, 0) is 42.3 Å².